The van der Waals surface area contributed by atoms with Gasteiger partial charge in [0.25, 0.3) is 0 Å². The van der Waals surface area contributed by atoms with Crippen LogP contribution >= 0.6 is 11.6 Å². The van der Waals surface area contributed by atoms with Crippen molar-refractivity contribution in [3.63, 3.8) is 0 Å². The number of rotatable bonds is 5. The van der Waals surface area contributed by atoms with Gasteiger partial charge in [-0.15, -0.1) is 0 Å². The van der Waals surface area contributed by atoms with Crippen LogP contribution in [0.3, 0.4) is 0 Å². The number of hydrogen-bond acceptors (Lipinski definition) is 3. The van der Waals surface area contributed by atoms with Gasteiger partial charge in [-0.05, 0) is 31.5 Å². The summed E-state index contributed by atoms with van der Waals surface area (Å²) in [5.74, 6) is 0.860. The maximum Gasteiger partial charge on any atom is 0.123 e. The van der Waals surface area contributed by atoms with Gasteiger partial charge in [-0.25, -0.2) is 0 Å². The average molecular weight is 243 g/mol. The van der Waals surface area contributed by atoms with E-state index in [2.05, 4.69) is 5.32 Å². The van der Waals surface area contributed by atoms with E-state index in [1.165, 1.54) is 0 Å². The molecule has 0 spiro atoms. The van der Waals surface area contributed by atoms with Gasteiger partial charge in [0, 0.05) is 29.7 Å². The number of nitrogens with two attached hydrogens (primary N) is 1. The lowest BCUT2D eigenvalue weighted by molar-refractivity contribution is 0.407. The second kappa shape index (κ2) is 6.09. The second-order valence-electron chi connectivity index (χ2n) is 4.02. The van der Waals surface area contributed by atoms with Crippen molar-refractivity contribution in [1.29, 1.82) is 0 Å². The zero-order chi connectivity index (χ0) is 12.1. The van der Waals surface area contributed by atoms with Crippen LogP contribution in [0.25, 0.3) is 0 Å². The molecule has 3 nitrogen and oxygen atoms in total. The molecule has 0 saturated heterocycles. The van der Waals surface area contributed by atoms with Gasteiger partial charge in [0.15, 0.2) is 0 Å². The van der Waals surface area contributed by atoms with Gasteiger partial charge >= 0.3 is 0 Å². The first-order valence-corrected chi connectivity index (χ1v) is 5.71. The summed E-state index contributed by atoms with van der Waals surface area (Å²) in [6, 6.07) is 4.03. The van der Waals surface area contributed by atoms with E-state index in [9.17, 15) is 0 Å². The van der Waals surface area contributed by atoms with Crippen LogP contribution in [-0.4, -0.2) is 19.7 Å². The Bertz CT molecular complexity index is 353. The Kier molecular flexibility index (Phi) is 5.06. The summed E-state index contributed by atoms with van der Waals surface area (Å²) in [5, 5.41) is 4.02. The van der Waals surface area contributed by atoms with Crippen molar-refractivity contribution in [2.24, 2.45) is 5.73 Å². The number of benzene rings is 1. The largest absolute Gasteiger partial charge is 0.496 e. The Morgan fingerprint density at radius 1 is 1.50 bits per heavy atom. The molecule has 1 aromatic rings. The third-order valence-electron chi connectivity index (χ3n) is 2.34. The Balaban J connectivity index is 2.74. The number of methoxy groups -OCH3 is 1. The predicted molar refractivity (Wildman–Crippen MR) is 68.1 cm³/mol. The molecule has 0 aromatic heterocycles. The molecule has 0 amide bonds. The molecule has 90 valence electrons. The van der Waals surface area contributed by atoms with Crippen LogP contribution in [0, 0.1) is 6.92 Å². The summed E-state index contributed by atoms with van der Waals surface area (Å²) >= 11 is 6.08. The summed E-state index contributed by atoms with van der Waals surface area (Å²) in [5.41, 5.74) is 7.74. The normalized spacial score (nSPS) is 12.6. The summed E-state index contributed by atoms with van der Waals surface area (Å²) in [6.07, 6.45) is 0. The molecule has 0 fully saturated rings. The van der Waals surface area contributed by atoms with E-state index in [0.717, 1.165) is 28.4 Å². The molecular formula is C12H19ClN2O. The molecule has 1 aromatic carbocycles. The molecule has 0 aliphatic carbocycles. The van der Waals surface area contributed by atoms with E-state index in [-0.39, 0.29) is 6.04 Å². The quantitative estimate of drug-likeness (QED) is 0.831. The second-order valence-corrected chi connectivity index (χ2v) is 4.43. The number of ether oxygens (including phenoxy) is 1. The zero-order valence-electron chi connectivity index (χ0n) is 10.0. The lowest BCUT2D eigenvalue weighted by atomic mass is 10.1. The van der Waals surface area contributed by atoms with E-state index < -0.39 is 0 Å². The van der Waals surface area contributed by atoms with Crippen LogP contribution in [-0.2, 0) is 6.54 Å². The highest BCUT2D eigenvalue weighted by atomic mass is 35.5. The monoisotopic (exact) mass is 242 g/mol. The number of aryl methyl sites for hydroxylation is 1. The van der Waals surface area contributed by atoms with Crippen LogP contribution in [0.4, 0.5) is 0 Å². The molecule has 16 heavy (non-hydrogen) atoms. The summed E-state index contributed by atoms with van der Waals surface area (Å²) < 4.78 is 5.31. The van der Waals surface area contributed by atoms with Gasteiger partial charge in [0.1, 0.15) is 5.75 Å². The van der Waals surface area contributed by atoms with Crippen LogP contribution in [0.5, 0.6) is 5.75 Å². The van der Waals surface area contributed by atoms with E-state index >= 15 is 0 Å². The van der Waals surface area contributed by atoms with Gasteiger partial charge in [0.2, 0.25) is 0 Å². The highest BCUT2D eigenvalue weighted by Crippen LogP contribution is 2.26. The Hall–Kier alpha value is -0.770. The minimum absolute atomic E-state index is 0.145. The predicted octanol–water partition coefficient (Wildman–Crippen LogP) is 2.09. The maximum atomic E-state index is 6.08. The molecule has 0 bridgehead atoms. The molecule has 1 rings (SSSR count). The topological polar surface area (TPSA) is 47.3 Å². The van der Waals surface area contributed by atoms with Crippen molar-refractivity contribution >= 4 is 11.6 Å². The van der Waals surface area contributed by atoms with Crippen molar-refractivity contribution in [3.05, 3.63) is 28.3 Å². The molecule has 0 heterocycles. The van der Waals surface area contributed by atoms with Crippen LogP contribution in [0.1, 0.15) is 18.1 Å². The molecule has 1 unspecified atom stereocenters. The zero-order valence-corrected chi connectivity index (χ0v) is 10.8. The Labute approximate surface area is 102 Å². The third kappa shape index (κ3) is 3.67. The van der Waals surface area contributed by atoms with Crippen molar-refractivity contribution in [3.8, 4) is 5.75 Å². The molecule has 1 atom stereocenters. The molecule has 3 N–H and O–H groups in total. The van der Waals surface area contributed by atoms with Gasteiger partial charge < -0.3 is 15.8 Å². The molecule has 0 radical (unpaired) electrons. The summed E-state index contributed by atoms with van der Waals surface area (Å²) in [7, 11) is 1.66. The lowest BCUT2D eigenvalue weighted by Gasteiger charge is -2.12. The smallest absolute Gasteiger partial charge is 0.123 e. The van der Waals surface area contributed by atoms with Crippen LogP contribution in [0.2, 0.25) is 5.02 Å². The molecule has 4 heteroatoms. The number of hydrogen-bond donors (Lipinski definition) is 2. The van der Waals surface area contributed by atoms with Gasteiger partial charge in [-0.3, -0.25) is 0 Å². The SMILES string of the molecule is COc1cc(C)c(Cl)cc1CNCC(C)N. The van der Waals surface area contributed by atoms with E-state index in [1.54, 1.807) is 7.11 Å². The van der Waals surface area contributed by atoms with Crippen molar-refractivity contribution in [2.45, 2.75) is 26.4 Å². The van der Waals surface area contributed by atoms with Crippen LogP contribution < -0.4 is 15.8 Å². The minimum atomic E-state index is 0.145. The molecule has 0 saturated carbocycles. The summed E-state index contributed by atoms with van der Waals surface area (Å²) in [6.45, 7) is 5.41. The number of nitrogens with one attached hydrogen (secondary N) is 1. The maximum absolute atomic E-state index is 6.08. The first-order valence-electron chi connectivity index (χ1n) is 5.34. The fraction of sp³-hybridized carbons (Fsp3) is 0.500. The fourth-order valence-electron chi connectivity index (χ4n) is 1.46. The van der Waals surface area contributed by atoms with E-state index in [0.29, 0.717) is 6.54 Å². The van der Waals surface area contributed by atoms with Gasteiger partial charge in [0.05, 0.1) is 7.11 Å². The van der Waals surface area contributed by atoms with Crippen molar-refractivity contribution in [1.82, 2.24) is 5.32 Å². The van der Waals surface area contributed by atoms with Crippen molar-refractivity contribution < 1.29 is 4.74 Å². The van der Waals surface area contributed by atoms with E-state index in [4.69, 9.17) is 22.1 Å². The van der Waals surface area contributed by atoms with Crippen LogP contribution in [0.15, 0.2) is 12.1 Å². The lowest BCUT2D eigenvalue weighted by Crippen LogP contribution is -2.30. The number of halogens is 1. The standard InChI is InChI=1S/C12H19ClN2O/c1-8-4-12(16-3)10(5-11(8)13)7-15-6-9(2)14/h4-5,9,15H,6-7,14H2,1-3H3. The third-order valence-corrected chi connectivity index (χ3v) is 2.75. The highest BCUT2D eigenvalue weighted by Gasteiger charge is 2.06. The van der Waals surface area contributed by atoms with E-state index in [1.807, 2.05) is 26.0 Å². The average Bonchev–Trinajstić information content (AvgIpc) is 2.22. The molecular weight excluding hydrogens is 224 g/mol. The highest BCUT2D eigenvalue weighted by molar-refractivity contribution is 6.31. The first kappa shape index (κ1) is 13.3. The fourth-order valence-corrected chi connectivity index (χ4v) is 1.65. The summed E-state index contributed by atoms with van der Waals surface area (Å²) in [4.78, 5) is 0. The minimum Gasteiger partial charge on any atom is -0.496 e. The molecule has 0 aliphatic heterocycles. The van der Waals surface area contributed by atoms with Gasteiger partial charge in [-0.2, -0.15) is 0 Å². The first-order chi connectivity index (χ1) is 7.54. The molecule has 0 aliphatic rings. The van der Waals surface area contributed by atoms with Gasteiger partial charge in [-0.1, -0.05) is 11.6 Å². The Morgan fingerprint density at radius 3 is 2.75 bits per heavy atom. The Morgan fingerprint density at radius 2 is 2.19 bits per heavy atom. The van der Waals surface area contributed by atoms with Crippen molar-refractivity contribution in [2.75, 3.05) is 13.7 Å².